The molecule has 6 heteroatoms. The minimum atomic E-state index is -0.544. The van der Waals surface area contributed by atoms with Crippen molar-refractivity contribution in [3.05, 3.63) is 71.0 Å². The number of hydrogen-bond acceptors (Lipinski definition) is 4. The van der Waals surface area contributed by atoms with Gasteiger partial charge in [-0.25, -0.2) is 4.39 Å². The van der Waals surface area contributed by atoms with Crippen molar-refractivity contribution in [2.45, 2.75) is 31.0 Å². The van der Waals surface area contributed by atoms with Crippen molar-refractivity contribution in [2.75, 3.05) is 26.3 Å². The maximum atomic E-state index is 13.5. The molecule has 0 saturated carbocycles. The highest BCUT2D eigenvalue weighted by molar-refractivity contribution is 5.82. The van der Waals surface area contributed by atoms with Gasteiger partial charge >= 0.3 is 0 Å². The van der Waals surface area contributed by atoms with Crippen LogP contribution >= 0.6 is 0 Å². The number of aliphatic hydroxyl groups excluding tert-OH is 1. The maximum absolute atomic E-state index is 13.5. The first kappa shape index (κ1) is 19.1. The van der Waals surface area contributed by atoms with Crippen molar-refractivity contribution < 1.29 is 19.0 Å². The van der Waals surface area contributed by atoms with Crippen LogP contribution in [0.1, 0.15) is 29.2 Å². The Kier molecular flexibility index (Phi) is 5.71. The number of benzene rings is 2. The molecule has 0 bridgehead atoms. The quantitative estimate of drug-likeness (QED) is 0.850. The Labute approximate surface area is 164 Å². The lowest BCUT2D eigenvalue weighted by Crippen LogP contribution is -2.46. The Balaban J connectivity index is 1.65. The summed E-state index contributed by atoms with van der Waals surface area (Å²) >= 11 is 0. The highest BCUT2D eigenvalue weighted by Crippen LogP contribution is 2.36. The normalized spacial score (nSPS) is 25.1. The third-order valence-corrected chi connectivity index (χ3v) is 5.59. The monoisotopic (exact) mass is 384 g/mol. The average molecular weight is 384 g/mol. The third kappa shape index (κ3) is 3.81. The van der Waals surface area contributed by atoms with E-state index in [1.54, 1.807) is 12.1 Å². The summed E-state index contributed by atoms with van der Waals surface area (Å²) in [5.74, 6) is -0.344. The molecule has 0 spiro atoms. The molecule has 2 aromatic rings. The summed E-state index contributed by atoms with van der Waals surface area (Å²) in [5.41, 5.74) is 3.18. The standard InChI is InChI=1S/C22H25FN2O3/c23-17-7-5-16(6-8-17)21-19-4-2-1-3-15(19)10-12-25(21)22(27)20-9-11-24-18(13-26)14-28-20/h1-8,18,20-21,24,26H,9-14H2/t18-,20+,21-/m0/s1. The molecule has 148 valence electrons. The van der Waals surface area contributed by atoms with Crippen molar-refractivity contribution in [3.8, 4) is 0 Å². The summed E-state index contributed by atoms with van der Waals surface area (Å²) in [4.78, 5) is 15.3. The van der Waals surface area contributed by atoms with Gasteiger partial charge in [-0.2, -0.15) is 0 Å². The number of carbonyl (C=O) groups excluding carboxylic acids is 1. The van der Waals surface area contributed by atoms with Crippen LogP contribution in [0.2, 0.25) is 0 Å². The van der Waals surface area contributed by atoms with E-state index < -0.39 is 6.10 Å². The van der Waals surface area contributed by atoms with Crippen molar-refractivity contribution in [2.24, 2.45) is 0 Å². The average Bonchev–Trinajstić information content (AvgIpc) is 2.99. The molecule has 3 atom stereocenters. The van der Waals surface area contributed by atoms with Crippen molar-refractivity contribution in [1.82, 2.24) is 10.2 Å². The summed E-state index contributed by atoms with van der Waals surface area (Å²) in [5, 5.41) is 12.5. The molecule has 5 nitrogen and oxygen atoms in total. The molecule has 0 aliphatic carbocycles. The van der Waals surface area contributed by atoms with Gasteiger partial charge in [0.05, 0.1) is 25.3 Å². The van der Waals surface area contributed by atoms with Gasteiger partial charge in [0.2, 0.25) is 0 Å². The van der Waals surface area contributed by atoms with Gasteiger partial charge in [-0.15, -0.1) is 0 Å². The molecule has 0 unspecified atom stereocenters. The summed E-state index contributed by atoms with van der Waals surface area (Å²) in [6.07, 6.45) is 0.797. The van der Waals surface area contributed by atoms with Crippen LogP contribution in [0.4, 0.5) is 4.39 Å². The minimum Gasteiger partial charge on any atom is -0.395 e. The van der Waals surface area contributed by atoms with E-state index in [1.807, 2.05) is 23.1 Å². The topological polar surface area (TPSA) is 61.8 Å². The van der Waals surface area contributed by atoms with Gasteiger partial charge in [-0.05, 0) is 48.2 Å². The minimum absolute atomic E-state index is 0.0177. The molecular weight excluding hydrogens is 359 g/mol. The van der Waals surface area contributed by atoms with Crippen LogP contribution in [0.25, 0.3) is 0 Å². The van der Waals surface area contributed by atoms with Gasteiger partial charge in [0.15, 0.2) is 0 Å². The molecule has 4 rings (SSSR count). The number of amides is 1. The Morgan fingerprint density at radius 3 is 2.79 bits per heavy atom. The predicted molar refractivity (Wildman–Crippen MR) is 103 cm³/mol. The molecule has 2 N–H and O–H groups in total. The number of nitrogens with one attached hydrogen (secondary N) is 1. The number of fused-ring (bicyclic) bond motifs is 1. The number of halogens is 1. The van der Waals surface area contributed by atoms with Crippen LogP contribution in [0, 0.1) is 5.82 Å². The van der Waals surface area contributed by atoms with Crippen LogP contribution in [0.3, 0.4) is 0 Å². The van der Waals surface area contributed by atoms with Gasteiger partial charge in [0.1, 0.15) is 11.9 Å². The predicted octanol–water partition coefficient (Wildman–Crippen LogP) is 2.04. The smallest absolute Gasteiger partial charge is 0.252 e. The second-order valence-corrected chi connectivity index (χ2v) is 7.38. The molecule has 0 radical (unpaired) electrons. The van der Waals surface area contributed by atoms with Crippen LogP contribution < -0.4 is 5.32 Å². The highest BCUT2D eigenvalue weighted by Gasteiger charge is 2.36. The molecule has 1 amide bonds. The molecule has 2 aromatic carbocycles. The lowest BCUT2D eigenvalue weighted by Gasteiger charge is -2.39. The number of hydrogen-bond donors (Lipinski definition) is 2. The van der Waals surface area contributed by atoms with Crippen molar-refractivity contribution in [1.29, 1.82) is 0 Å². The summed E-state index contributed by atoms with van der Waals surface area (Å²) < 4.78 is 19.3. The Morgan fingerprint density at radius 1 is 1.21 bits per heavy atom. The third-order valence-electron chi connectivity index (χ3n) is 5.59. The summed E-state index contributed by atoms with van der Waals surface area (Å²) in [6, 6.07) is 14.1. The molecule has 2 aliphatic heterocycles. The SMILES string of the molecule is O=C([C@H]1CCN[C@@H](CO)CO1)N1CCc2ccccc2[C@@H]1c1ccc(F)cc1. The van der Waals surface area contributed by atoms with E-state index in [1.165, 1.54) is 17.7 Å². The van der Waals surface area contributed by atoms with Gasteiger partial charge < -0.3 is 20.1 Å². The second-order valence-electron chi connectivity index (χ2n) is 7.38. The van der Waals surface area contributed by atoms with Crippen LogP contribution in [0.5, 0.6) is 0 Å². The summed E-state index contributed by atoms with van der Waals surface area (Å²) in [6.45, 7) is 1.50. The van der Waals surface area contributed by atoms with Gasteiger partial charge in [0.25, 0.3) is 5.91 Å². The Hall–Kier alpha value is -2.28. The second kappa shape index (κ2) is 8.39. The number of aliphatic hydroxyl groups is 1. The van der Waals surface area contributed by atoms with Crippen LogP contribution in [0.15, 0.2) is 48.5 Å². The molecule has 0 aromatic heterocycles. The lowest BCUT2D eigenvalue weighted by atomic mass is 9.87. The zero-order valence-corrected chi connectivity index (χ0v) is 15.7. The first-order valence-electron chi connectivity index (χ1n) is 9.77. The molecule has 1 fully saturated rings. The maximum Gasteiger partial charge on any atom is 0.252 e. The fourth-order valence-corrected chi connectivity index (χ4v) is 4.10. The largest absolute Gasteiger partial charge is 0.395 e. The van der Waals surface area contributed by atoms with Gasteiger partial charge in [-0.3, -0.25) is 4.79 Å². The number of ether oxygens (including phenoxy) is 1. The van der Waals surface area contributed by atoms with E-state index in [-0.39, 0.29) is 30.4 Å². The van der Waals surface area contributed by atoms with Crippen LogP contribution in [-0.4, -0.2) is 54.4 Å². The van der Waals surface area contributed by atoms with Crippen molar-refractivity contribution in [3.63, 3.8) is 0 Å². The fraction of sp³-hybridized carbons (Fsp3) is 0.409. The van der Waals surface area contributed by atoms with E-state index in [2.05, 4.69) is 11.4 Å². The van der Waals surface area contributed by atoms with E-state index in [9.17, 15) is 14.3 Å². The molecular formula is C22H25FN2O3. The Bertz CT molecular complexity index is 827. The first-order chi connectivity index (χ1) is 13.7. The highest BCUT2D eigenvalue weighted by atomic mass is 19.1. The number of nitrogens with zero attached hydrogens (tertiary/aromatic N) is 1. The van der Waals surface area contributed by atoms with Gasteiger partial charge in [0, 0.05) is 6.54 Å². The fourth-order valence-electron chi connectivity index (χ4n) is 4.10. The Morgan fingerprint density at radius 2 is 2.00 bits per heavy atom. The van der Waals surface area contributed by atoms with E-state index in [4.69, 9.17) is 4.74 Å². The van der Waals surface area contributed by atoms with E-state index in [0.29, 0.717) is 26.1 Å². The lowest BCUT2D eigenvalue weighted by molar-refractivity contribution is -0.146. The van der Waals surface area contributed by atoms with E-state index >= 15 is 0 Å². The zero-order valence-electron chi connectivity index (χ0n) is 15.7. The molecule has 2 aliphatic rings. The van der Waals surface area contributed by atoms with Crippen molar-refractivity contribution >= 4 is 5.91 Å². The molecule has 1 saturated heterocycles. The molecule has 28 heavy (non-hydrogen) atoms. The number of rotatable bonds is 3. The zero-order chi connectivity index (χ0) is 19.5. The summed E-state index contributed by atoms with van der Waals surface area (Å²) in [7, 11) is 0. The van der Waals surface area contributed by atoms with E-state index in [0.717, 1.165) is 17.5 Å². The first-order valence-corrected chi connectivity index (χ1v) is 9.77. The van der Waals surface area contributed by atoms with Gasteiger partial charge in [-0.1, -0.05) is 36.4 Å². The number of carbonyl (C=O) groups is 1. The van der Waals surface area contributed by atoms with Crippen LogP contribution in [-0.2, 0) is 16.0 Å². The molecule has 2 heterocycles.